The average Bonchev–Trinajstić information content (AvgIpc) is 2.99. The van der Waals surface area contributed by atoms with Crippen molar-refractivity contribution in [1.29, 1.82) is 0 Å². The number of aromatic nitrogens is 4. The SMILES string of the molecule is Brc1ccc2ncc(-c3ccnc(NC4CCNCC4)n3)n2c1. The Hall–Kier alpha value is -1.99. The second-order valence-corrected chi connectivity index (χ2v) is 6.57. The van der Waals surface area contributed by atoms with E-state index in [0.717, 1.165) is 47.4 Å². The summed E-state index contributed by atoms with van der Waals surface area (Å²) in [4.78, 5) is 13.5. The standard InChI is InChI=1S/C16H17BrN6/c17-11-1-2-15-20-9-14(23(15)10-11)13-5-8-19-16(22-13)21-12-3-6-18-7-4-12/h1-2,5,8-10,12,18H,3-4,6-7H2,(H,19,21,22). The van der Waals surface area contributed by atoms with Gasteiger partial charge in [0.1, 0.15) is 5.65 Å². The lowest BCUT2D eigenvalue weighted by atomic mass is 10.1. The molecule has 3 aromatic rings. The first-order chi connectivity index (χ1) is 11.3. The van der Waals surface area contributed by atoms with Crippen LogP contribution in [0.25, 0.3) is 17.0 Å². The molecular formula is C16H17BrN6. The fourth-order valence-electron chi connectivity index (χ4n) is 2.86. The minimum Gasteiger partial charge on any atom is -0.351 e. The van der Waals surface area contributed by atoms with Crippen LogP contribution in [0.5, 0.6) is 0 Å². The van der Waals surface area contributed by atoms with E-state index in [9.17, 15) is 0 Å². The average molecular weight is 373 g/mol. The van der Waals surface area contributed by atoms with Gasteiger partial charge < -0.3 is 10.6 Å². The minimum absolute atomic E-state index is 0.433. The van der Waals surface area contributed by atoms with E-state index in [1.165, 1.54) is 0 Å². The van der Waals surface area contributed by atoms with Gasteiger partial charge in [-0.1, -0.05) is 0 Å². The Morgan fingerprint density at radius 2 is 2.04 bits per heavy atom. The number of imidazole rings is 1. The molecule has 1 fully saturated rings. The second kappa shape index (κ2) is 6.25. The third-order valence-corrected chi connectivity index (χ3v) is 4.53. The number of anilines is 1. The molecule has 23 heavy (non-hydrogen) atoms. The highest BCUT2D eigenvalue weighted by atomic mass is 79.9. The van der Waals surface area contributed by atoms with Gasteiger partial charge in [0.15, 0.2) is 0 Å². The van der Waals surface area contributed by atoms with Crippen LogP contribution in [-0.2, 0) is 0 Å². The number of hydrogen-bond donors (Lipinski definition) is 2. The van der Waals surface area contributed by atoms with E-state index in [4.69, 9.17) is 0 Å². The molecule has 0 aliphatic carbocycles. The maximum atomic E-state index is 4.67. The van der Waals surface area contributed by atoms with E-state index in [0.29, 0.717) is 12.0 Å². The topological polar surface area (TPSA) is 67.1 Å². The van der Waals surface area contributed by atoms with Crippen LogP contribution in [0.15, 0.2) is 41.3 Å². The van der Waals surface area contributed by atoms with Crippen molar-refractivity contribution in [3.05, 3.63) is 41.3 Å². The molecule has 0 unspecified atom stereocenters. The minimum atomic E-state index is 0.433. The Morgan fingerprint density at radius 3 is 2.91 bits per heavy atom. The molecule has 7 heteroatoms. The first-order valence-corrected chi connectivity index (χ1v) is 8.52. The van der Waals surface area contributed by atoms with E-state index in [2.05, 4.69) is 41.5 Å². The number of fused-ring (bicyclic) bond motifs is 1. The van der Waals surface area contributed by atoms with Gasteiger partial charge in [-0.05, 0) is 60.1 Å². The van der Waals surface area contributed by atoms with Crippen molar-refractivity contribution in [3.63, 3.8) is 0 Å². The highest BCUT2D eigenvalue weighted by Crippen LogP contribution is 2.22. The van der Waals surface area contributed by atoms with Gasteiger partial charge in [-0.2, -0.15) is 0 Å². The van der Waals surface area contributed by atoms with Crippen LogP contribution in [-0.4, -0.2) is 38.5 Å². The molecule has 0 atom stereocenters. The van der Waals surface area contributed by atoms with Gasteiger partial charge in [-0.15, -0.1) is 0 Å². The van der Waals surface area contributed by atoms with Gasteiger partial charge in [0.25, 0.3) is 0 Å². The van der Waals surface area contributed by atoms with Crippen molar-refractivity contribution in [2.24, 2.45) is 0 Å². The Kier molecular flexibility index (Phi) is 3.97. The highest BCUT2D eigenvalue weighted by molar-refractivity contribution is 9.10. The zero-order valence-electron chi connectivity index (χ0n) is 12.5. The van der Waals surface area contributed by atoms with Crippen molar-refractivity contribution in [2.45, 2.75) is 18.9 Å². The largest absolute Gasteiger partial charge is 0.351 e. The smallest absolute Gasteiger partial charge is 0.223 e. The summed E-state index contributed by atoms with van der Waals surface area (Å²) in [6.45, 7) is 2.08. The summed E-state index contributed by atoms with van der Waals surface area (Å²) in [6.07, 6.45) is 7.83. The van der Waals surface area contributed by atoms with Gasteiger partial charge >= 0.3 is 0 Å². The fourth-order valence-corrected chi connectivity index (χ4v) is 3.20. The van der Waals surface area contributed by atoms with Gasteiger partial charge in [-0.25, -0.2) is 15.0 Å². The summed E-state index contributed by atoms with van der Waals surface area (Å²) in [7, 11) is 0. The van der Waals surface area contributed by atoms with Gasteiger partial charge in [0.05, 0.1) is 17.6 Å². The van der Waals surface area contributed by atoms with E-state index in [1.807, 2.05) is 35.0 Å². The Balaban J connectivity index is 1.65. The summed E-state index contributed by atoms with van der Waals surface area (Å²) in [6, 6.07) is 6.31. The number of nitrogens with zero attached hydrogens (tertiary/aromatic N) is 4. The molecule has 0 amide bonds. The van der Waals surface area contributed by atoms with Gasteiger partial charge in [0, 0.05) is 22.9 Å². The predicted molar refractivity (Wildman–Crippen MR) is 93.4 cm³/mol. The van der Waals surface area contributed by atoms with Gasteiger partial charge in [-0.3, -0.25) is 4.40 Å². The molecule has 0 bridgehead atoms. The highest BCUT2D eigenvalue weighted by Gasteiger charge is 2.14. The molecule has 0 aromatic carbocycles. The van der Waals surface area contributed by atoms with Crippen molar-refractivity contribution < 1.29 is 0 Å². The fraction of sp³-hybridized carbons (Fsp3) is 0.312. The molecule has 4 heterocycles. The van der Waals surface area contributed by atoms with E-state index >= 15 is 0 Å². The van der Waals surface area contributed by atoms with E-state index < -0.39 is 0 Å². The second-order valence-electron chi connectivity index (χ2n) is 5.65. The predicted octanol–water partition coefficient (Wildman–Crippen LogP) is 2.72. The maximum absolute atomic E-state index is 4.67. The third kappa shape index (κ3) is 3.07. The van der Waals surface area contributed by atoms with Crippen LogP contribution in [0, 0.1) is 0 Å². The van der Waals surface area contributed by atoms with Crippen LogP contribution in [0.2, 0.25) is 0 Å². The lowest BCUT2D eigenvalue weighted by Gasteiger charge is -2.23. The molecule has 6 nitrogen and oxygen atoms in total. The number of pyridine rings is 1. The van der Waals surface area contributed by atoms with Crippen molar-refractivity contribution in [2.75, 3.05) is 18.4 Å². The molecule has 0 radical (unpaired) electrons. The number of nitrogens with one attached hydrogen (secondary N) is 2. The first kappa shape index (κ1) is 14.6. The van der Waals surface area contributed by atoms with Crippen LogP contribution in [0.1, 0.15) is 12.8 Å². The molecule has 1 aliphatic heterocycles. The molecule has 1 aliphatic rings. The molecular weight excluding hydrogens is 356 g/mol. The van der Waals surface area contributed by atoms with Crippen LogP contribution in [0.4, 0.5) is 5.95 Å². The molecule has 1 saturated heterocycles. The molecule has 3 aromatic heterocycles. The zero-order chi connectivity index (χ0) is 15.6. The summed E-state index contributed by atoms with van der Waals surface area (Å²) in [5.74, 6) is 0.680. The molecule has 4 rings (SSSR count). The number of hydrogen-bond acceptors (Lipinski definition) is 5. The zero-order valence-corrected chi connectivity index (χ0v) is 14.1. The Labute approximate surface area is 142 Å². The summed E-state index contributed by atoms with van der Waals surface area (Å²) in [5, 5.41) is 6.80. The summed E-state index contributed by atoms with van der Waals surface area (Å²) >= 11 is 3.50. The first-order valence-electron chi connectivity index (χ1n) is 7.73. The van der Waals surface area contributed by atoms with Gasteiger partial charge in [0.2, 0.25) is 5.95 Å². The molecule has 0 saturated carbocycles. The van der Waals surface area contributed by atoms with Crippen LogP contribution in [0.3, 0.4) is 0 Å². The quantitative estimate of drug-likeness (QED) is 0.739. The lowest BCUT2D eigenvalue weighted by Crippen LogP contribution is -2.35. The van der Waals surface area contributed by atoms with E-state index in [1.54, 1.807) is 6.20 Å². The van der Waals surface area contributed by atoms with E-state index in [-0.39, 0.29) is 0 Å². The van der Waals surface area contributed by atoms with Crippen LogP contribution < -0.4 is 10.6 Å². The Morgan fingerprint density at radius 1 is 1.17 bits per heavy atom. The monoisotopic (exact) mass is 372 g/mol. The third-order valence-electron chi connectivity index (χ3n) is 4.06. The molecule has 118 valence electrons. The van der Waals surface area contributed by atoms with Crippen molar-refractivity contribution >= 4 is 27.5 Å². The van der Waals surface area contributed by atoms with Crippen LogP contribution >= 0.6 is 15.9 Å². The normalized spacial score (nSPS) is 15.9. The Bertz CT molecular complexity index is 824. The van der Waals surface area contributed by atoms with Crippen molar-refractivity contribution in [3.8, 4) is 11.4 Å². The maximum Gasteiger partial charge on any atom is 0.223 e. The number of halogens is 1. The lowest BCUT2D eigenvalue weighted by molar-refractivity contribution is 0.477. The number of piperidine rings is 1. The summed E-state index contributed by atoms with van der Waals surface area (Å²) in [5.41, 5.74) is 2.72. The summed E-state index contributed by atoms with van der Waals surface area (Å²) < 4.78 is 3.03. The number of rotatable bonds is 3. The molecule has 2 N–H and O–H groups in total. The van der Waals surface area contributed by atoms with Crippen molar-refractivity contribution in [1.82, 2.24) is 24.7 Å². The molecule has 0 spiro atoms.